The van der Waals surface area contributed by atoms with Crippen LogP contribution in [0.1, 0.15) is 56.8 Å². The molecule has 1 aliphatic heterocycles. The van der Waals surface area contributed by atoms with Gasteiger partial charge < -0.3 is 5.11 Å². The molecule has 1 saturated heterocycles. The summed E-state index contributed by atoms with van der Waals surface area (Å²) in [5, 5.41) is 10.3. The van der Waals surface area contributed by atoms with Gasteiger partial charge >= 0.3 is 0 Å². The standard InChI is InChI=1S/C17H23NO3/c1-11(2)13-4-6-14(7-5-13)15(19)10-18-16(20)8-12(3)9-17(18)21/h4-7,11-12,15,19H,8-10H2,1-3H3. The number of aliphatic hydroxyl groups excluding tert-OH is 1. The van der Waals surface area contributed by atoms with Gasteiger partial charge in [-0.1, -0.05) is 45.0 Å². The van der Waals surface area contributed by atoms with Gasteiger partial charge in [0.2, 0.25) is 11.8 Å². The first kappa shape index (κ1) is 15.7. The van der Waals surface area contributed by atoms with Gasteiger partial charge in [0.05, 0.1) is 12.6 Å². The van der Waals surface area contributed by atoms with Gasteiger partial charge in [-0.25, -0.2) is 0 Å². The van der Waals surface area contributed by atoms with Gasteiger partial charge in [-0.15, -0.1) is 0 Å². The lowest BCUT2D eigenvalue weighted by atomic mass is 9.96. The third-order valence-corrected chi connectivity index (χ3v) is 3.99. The lowest BCUT2D eigenvalue weighted by Crippen LogP contribution is -2.44. The molecule has 0 saturated carbocycles. The van der Waals surface area contributed by atoms with Crippen molar-refractivity contribution in [1.82, 2.24) is 4.90 Å². The molecule has 114 valence electrons. The smallest absolute Gasteiger partial charge is 0.229 e. The van der Waals surface area contributed by atoms with Crippen molar-refractivity contribution in [3.63, 3.8) is 0 Å². The zero-order chi connectivity index (χ0) is 15.6. The first-order chi connectivity index (χ1) is 9.88. The Morgan fingerprint density at radius 3 is 2.05 bits per heavy atom. The van der Waals surface area contributed by atoms with Crippen molar-refractivity contribution in [1.29, 1.82) is 0 Å². The molecule has 1 aliphatic rings. The summed E-state index contributed by atoms with van der Waals surface area (Å²) < 4.78 is 0. The highest BCUT2D eigenvalue weighted by Crippen LogP contribution is 2.23. The molecule has 0 aliphatic carbocycles. The van der Waals surface area contributed by atoms with Crippen molar-refractivity contribution in [3.05, 3.63) is 35.4 Å². The van der Waals surface area contributed by atoms with Gasteiger partial charge in [0, 0.05) is 12.8 Å². The van der Waals surface area contributed by atoms with E-state index in [0.717, 1.165) is 5.56 Å². The summed E-state index contributed by atoms with van der Waals surface area (Å²) in [6, 6.07) is 7.68. The van der Waals surface area contributed by atoms with E-state index in [9.17, 15) is 14.7 Å². The molecule has 1 fully saturated rings. The summed E-state index contributed by atoms with van der Waals surface area (Å²) in [5.74, 6) is 0.167. The molecule has 1 N–H and O–H groups in total. The molecular weight excluding hydrogens is 266 g/mol. The third kappa shape index (κ3) is 3.70. The van der Waals surface area contributed by atoms with Crippen LogP contribution in [0.3, 0.4) is 0 Å². The van der Waals surface area contributed by atoms with Crippen LogP contribution in [0.5, 0.6) is 0 Å². The quantitative estimate of drug-likeness (QED) is 0.867. The molecule has 1 heterocycles. The first-order valence-corrected chi connectivity index (χ1v) is 7.49. The van der Waals surface area contributed by atoms with E-state index < -0.39 is 6.10 Å². The summed E-state index contributed by atoms with van der Waals surface area (Å²) in [5.41, 5.74) is 1.93. The monoisotopic (exact) mass is 289 g/mol. The Labute approximate surface area is 125 Å². The summed E-state index contributed by atoms with van der Waals surface area (Å²) >= 11 is 0. The molecule has 1 aromatic carbocycles. The lowest BCUT2D eigenvalue weighted by Gasteiger charge is -2.30. The van der Waals surface area contributed by atoms with Crippen molar-refractivity contribution < 1.29 is 14.7 Å². The van der Waals surface area contributed by atoms with Crippen LogP contribution in [-0.2, 0) is 9.59 Å². The highest BCUT2D eigenvalue weighted by atomic mass is 16.3. The molecule has 0 spiro atoms. The van der Waals surface area contributed by atoms with Crippen LogP contribution in [0.2, 0.25) is 0 Å². The van der Waals surface area contributed by atoms with E-state index in [2.05, 4.69) is 13.8 Å². The number of benzene rings is 1. The average Bonchev–Trinajstić information content (AvgIpc) is 2.42. The number of likely N-dealkylation sites (tertiary alicyclic amines) is 1. The number of piperidine rings is 1. The fourth-order valence-electron chi connectivity index (χ4n) is 2.61. The van der Waals surface area contributed by atoms with E-state index in [-0.39, 0.29) is 24.3 Å². The zero-order valence-corrected chi connectivity index (χ0v) is 12.9. The van der Waals surface area contributed by atoms with Gasteiger partial charge in [0.15, 0.2) is 0 Å². The Bertz CT molecular complexity index is 503. The second-order valence-electron chi connectivity index (χ2n) is 6.25. The number of carbonyl (C=O) groups is 2. The molecule has 1 atom stereocenters. The highest BCUT2D eigenvalue weighted by molar-refractivity contribution is 5.97. The van der Waals surface area contributed by atoms with E-state index >= 15 is 0 Å². The Kier molecular flexibility index (Phi) is 4.78. The number of imide groups is 1. The van der Waals surface area contributed by atoms with Crippen LogP contribution in [0.25, 0.3) is 0 Å². The van der Waals surface area contributed by atoms with Crippen molar-refractivity contribution in [2.45, 2.75) is 45.6 Å². The zero-order valence-electron chi connectivity index (χ0n) is 12.9. The molecule has 0 aromatic heterocycles. The fourth-order valence-corrected chi connectivity index (χ4v) is 2.61. The van der Waals surface area contributed by atoms with Gasteiger partial charge in [-0.2, -0.15) is 0 Å². The Balaban J connectivity index is 2.05. The second kappa shape index (κ2) is 6.39. The van der Waals surface area contributed by atoms with Crippen LogP contribution in [0, 0.1) is 5.92 Å². The predicted octanol–water partition coefficient (Wildman–Crippen LogP) is 2.63. The highest BCUT2D eigenvalue weighted by Gasteiger charge is 2.31. The summed E-state index contributed by atoms with van der Waals surface area (Å²) in [4.78, 5) is 25.0. The Hall–Kier alpha value is -1.68. The first-order valence-electron chi connectivity index (χ1n) is 7.49. The predicted molar refractivity (Wildman–Crippen MR) is 80.6 cm³/mol. The molecule has 1 aromatic rings. The fraction of sp³-hybridized carbons (Fsp3) is 0.529. The maximum absolute atomic E-state index is 11.9. The van der Waals surface area contributed by atoms with E-state index in [0.29, 0.717) is 18.8 Å². The van der Waals surface area contributed by atoms with Crippen molar-refractivity contribution in [2.24, 2.45) is 5.92 Å². The molecule has 2 amide bonds. The molecule has 21 heavy (non-hydrogen) atoms. The number of amides is 2. The SMILES string of the molecule is CC1CC(=O)N(CC(O)c2ccc(C(C)C)cc2)C(=O)C1. The molecule has 1 unspecified atom stereocenters. The Morgan fingerprint density at radius 2 is 1.57 bits per heavy atom. The number of hydrogen-bond acceptors (Lipinski definition) is 3. The maximum Gasteiger partial charge on any atom is 0.229 e. The van der Waals surface area contributed by atoms with Crippen molar-refractivity contribution in [2.75, 3.05) is 6.54 Å². The molecular formula is C17H23NO3. The van der Waals surface area contributed by atoms with Crippen molar-refractivity contribution in [3.8, 4) is 0 Å². The maximum atomic E-state index is 11.9. The lowest BCUT2D eigenvalue weighted by molar-refractivity contribution is -0.151. The van der Waals surface area contributed by atoms with Crippen LogP contribution in [0.15, 0.2) is 24.3 Å². The average molecular weight is 289 g/mol. The van der Waals surface area contributed by atoms with Crippen LogP contribution < -0.4 is 0 Å². The van der Waals surface area contributed by atoms with E-state index in [1.165, 1.54) is 10.5 Å². The number of nitrogens with zero attached hydrogens (tertiary/aromatic N) is 1. The minimum Gasteiger partial charge on any atom is -0.387 e. The Morgan fingerprint density at radius 1 is 1.10 bits per heavy atom. The molecule has 0 bridgehead atoms. The van der Waals surface area contributed by atoms with Gasteiger partial charge in [-0.3, -0.25) is 14.5 Å². The largest absolute Gasteiger partial charge is 0.387 e. The number of aliphatic hydroxyl groups is 1. The molecule has 0 radical (unpaired) electrons. The van der Waals surface area contributed by atoms with Crippen LogP contribution >= 0.6 is 0 Å². The topological polar surface area (TPSA) is 57.6 Å². The van der Waals surface area contributed by atoms with E-state index in [1.54, 1.807) is 0 Å². The van der Waals surface area contributed by atoms with Crippen LogP contribution in [0.4, 0.5) is 0 Å². The molecule has 2 rings (SSSR count). The minimum atomic E-state index is -0.826. The number of hydrogen-bond donors (Lipinski definition) is 1. The molecule has 4 nitrogen and oxygen atoms in total. The van der Waals surface area contributed by atoms with E-state index in [1.807, 2.05) is 31.2 Å². The van der Waals surface area contributed by atoms with Crippen molar-refractivity contribution >= 4 is 11.8 Å². The summed E-state index contributed by atoms with van der Waals surface area (Å²) in [6.45, 7) is 6.16. The summed E-state index contributed by atoms with van der Waals surface area (Å²) in [7, 11) is 0. The normalized spacial score (nSPS) is 18.4. The van der Waals surface area contributed by atoms with Gasteiger partial charge in [-0.05, 0) is 23.0 Å². The minimum absolute atomic E-state index is 0.0470. The number of rotatable bonds is 4. The summed E-state index contributed by atoms with van der Waals surface area (Å²) in [6.07, 6.45) is -0.0670. The number of carbonyl (C=O) groups excluding carboxylic acids is 2. The van der Waals surface area contributed by atoms with Gasteiger partial charge in [0.25, 0.3) is 0 Å². The van der Waals surface area contributed by atoms with E-state index in [4.69, 9.17) is 0 Å². The third-order valence-electron chi connectivity index (χ3n) is 3.99. The molecule has 4 heteroatoms. The van der Waals surface area contributed by atoms with Gasteiger partial charge in [0.1, 0.15) is 0 Å². The number of β-amino-alcohol motifs (C(OH)–C–C–N with tert-alkyl or cyclic N) is 1. The van der Waals surface area contributed by atoms with Crippen LogP contribution in [-0.4, -0.2) is 28.4 Å². The second-order valence-corrected chi connectivity index (χ2v) is 6.25.